The summed E-state index contributed by atoms with van der Waals surface area (Å²) in [6.07, 6.45) is 65.1. The predicted molar refractivity (Wildman–Crippen MR) is 289 cm³/mol. The molecule has 6 nitrogen and oxygen atoms in total. The topological polar surface area (TPSA) is 78.9 Å². The Hall–Kier alpha value is -1.85. The zero-order valence-electron chi connectivity index (χ0n) is 45.5. The zero-order chi connectivity index (χ0) is 48.6. The minimum Gasteiger partial charge on any atom is -0.462 e. The van der Waals surface area contributed by atoms with Crippen LogP contribution in [0.1, 0.15) is 342 Å². The molecule has 0 aliphatic rings. The van der Waals surface area contributed by atoms with Crippen molar-refractivity contribution in [3.63, 3.8) is 0 Å². The highest BCUT2D eigenvalue weighted by atomic mass is 16.6. The fourth-order valence-corrected chi connectivity index (χ4v) is 9.21. The molecule has 0 fully saturated rings. The first-order chi connectivity index (χ1) is 33.0. The van der Waals surface area contributed by atoms with Crippen LogP contribution in [0, 0.1) is 0 Å². The number of carbonyl (C=O) groups is 3. The number of hydrogen-bond donors (Lipinski definition) is 0. The van der Waals surface area contributed by atoms with Crippen molar-refractivity contribution in [1.29, 1.82) is 0 Å². The fraction of sp³-hybridized carbons (Fsp3) is 0.918. The molecule has 0 aromatic carbocycles. The summed E-state index contributed by atoms with van der Waals surface area (Å²) in [6.45, 7) is 6.67. The molecule has 0 rings (SSSR count). The summed E-state index contributed by atoms with van der Waals surface area (Å²) >= 11 is 0. The molecule has 0 bridgehead atoms. The lowest BCUT2D eigenvalue weighted by atomic mass is 10.0. The molecule has 0 heterocycles. The lowest BCUT2D eigenvalue weighted by Gasteiger charge is -2.18. The molecule has 0 aliphatic heterocycles. The van der Waals surface area contributed by atoms with Crippen LogP contribution in [0.5, 0.6) is 0 Å². The number of unbranched alkanes of at least 4 members (excludes halogenated alkanes) is 43. The van der Waals surface area contributed by atoms with E-state index < -0.39 is 6.10 Å². The Morgan fingerprint density at radius 1 is 0.284 bits per heavy atom. The third-order valence-corrected chi connectivity index (χ3v) is 13.8. The molecule has 0 saturated carbocycles. The molecule has 0 amide bonds. The van der Waals surface area contributed by atoms with E-state index >= 15 is 0 Å². The first-order valence-electron chi connectivity index (χ1n) is 30.2. The molecule has 0 aliphatic carbocycles. The average Bonchev–Trinajstić information content (AvgIpc) is 3.33. The van der Waals surface area contributed by atoms with Crippen molar-refractivity contribution < 1.29 is 28.6 Å². The molecule has 0 aromatic rings. The van der Waals surface area contributed by atoms with Crippen LogP contribution in [0.15, 0.2) is 12.2 Å². The maximum Gasteiger partial charge on any atom is 0.306 e. The van der Waals surface area contributed by atoms with E-state index in [1.165, 1.54) is 244 Å². The lowest BCUT2D eigenvalue weighted by molar-refractivity contribution is -0.167. The quantitative estimate of drug-likeness (QED) is 0.0262. The fourth-order valence-electron chi connectivity index (χ4n) is 9.21. The molecule has 67 heavy (non-hydrogen) atoms. The standard InChI is InChI=1S/C61H116O6/c1-4-7-10-13-16-19-21-23-25-27-29-30-31-32-33-35-36-38-40-42-45-48-51-54-60(63)66-57-58(56-65-59(62)53-50-47-44-18-15-12-9-6-3)67-61(64)55-52-49-46-43-41-39-37-34-28-26-24-22-20-17-14-11-8-5-2/h27,29,58H,4-26,28,30-57H2,1-3H3/b29-27-. The molecule has 0 radical (unpaired) electrons. The van der Waals surface area contributed by atoms with Gasteiger partial charge < -0.3 is 14.2 Å². The highest BCUT2D eigenvalue weighted by molar-refractivity contribution is 5.71. The Balaban J connectivity index is 4.14. The highest BCUT2D eigenvalue weighted by Gasteiger charge is 2.19. The van der Waals surface area contributed by atoms with Gasteiger partial charge in [0.25, 0.3) is 0 Å². The summed E-state index contributed by atoms with van der Waals surface area (Å²) in [5.74, 6) is -0.845. The summed E-state index contributed by atoms with van der Waals surface area (Å²) in [5.41, 5.74) is 0. The van der Waals surface area contributed by atoms with Crippen molar-refractivity contribution in [2.45, 2.75) is 348 Å². The van der Waals surface area contributed by atoms with Gasteiger partial charge in [-0.25, -0.2) is 0 Å². The van der Waals surface area contributed by atoms with E-state index in [2.05, 4.69) is 32.9 Å². The third kappa shape index (κ3) is 55.0. The van der Waals surface area contributed by atoms with E-state index in [1.807, 2.05) is 0 Å². The zero-order valence-corrected chi connectivity index (χ0v) is 45.5. The summed E-state index contributed by atoms with van der Waals surface area (Å²) in [6, 6.07) is 0. The molecule has 0 aromatic heterocycles. The second-order valence-electron chi connectivity index (χ2n) is 20.6. The normalized spacial score (nSPS) is 12.0. The van der Waals surface area contributed by atoms with Crippen molar-refractivity contribution in [2.24, 2.45) is 0 Å². The molecule has 6 heteroatoms. The number of esters is 3. The van der Waals surface area contributed by atoms with Crippen LogP contribution in [0.25, 0.3) is 0 Å². The molecule has 0 N–H and O–H groups in total. The van der Waals surface area contributed by atoms with Crippen LogP contribution in [-0.2, 0) is 28.6 Å². The first-order valence-corrected chi connectivity index (χ1v) is 30.2. The van der Waals surface area contributed by atoms with Crippen molar-refractivity contribution in [2.75, 3.05) is 13.2 Å². The van der Waals surface area contributed by atoms with Crippen molar-refractivity contribution in [3.05, 3.63) is 12.2 Å². The number of allylic oxidation sites excluding steroid dienone is 2. The number of rotatable bonds is 56. The van der Waals surface area contributed by atoms with E-state index in [0.29, 0.717) is 19.3 Å². The maximum atomic E-state index is 12.8. The van der Waals surface area contributed by atoms with Gasteiger partial charge in [0.05, 0.1) is 0 Å². The Labute approximate surface area is 418 Å². The van der Waals surface area contributed by atoms with Crippen LogP contribution in [0.3, 0.4) is 0 Å². The molecule has 0 spiro atoms. The van der Waals surface area contributed by atoms with Crippen LogP contribution >= 0.6 is 0 Å². The number of hydrogen-bond acceptors (Lipinski definition) is 6. The van der Waals surface area contributed by atoms with Crippen molar-refractivity contribution in [1.82, 2.24) is 0 Å². The molecule has 396 valence electrons. The van der Waals surface area contributed by atoms with Crippen LogP contribution in [-0.4, -0.2) is 37.2 Å². The maximum absolute atomic E-state index is 12.8. The van der Waals surface area contributed by atoms with Gasteiger partial charge in [0.2, 0.25) is 0 Å². The molecule has 1 unspecified atom stereocenters. The summed E-state index contributed by atoms with van der Waals surface area (Å²) in [5, 5.41) is 0. The van der Waals surface area contributed by atoms with Gasteiger partial charge in [-0.3, -0.25) is 14.4 Å². The lowest BCUT2D eigenvalue weighted by Crippen LogP contribution is -2.30. The summed E-state index contributed by atoms with van der Waals surface area (Å²) < 4.78 is 16.8. The Kier molecular flexibility index (Phi) is 55.2. The smallest absolute Gasteiger partial charge is 0.306 e. The first kappa shape index (κ1) is 65.1. The van der Waals surface area contributed by atoms with Crippen molar-refractivity contribution in [3.8, 4) is 0 Å². The second-order valence-corrected chi connectivity index (χ2v) is 20.6. The average molecular weight is 946 g/mol. The van der Waals surface area contributed by atoms with Gasteiger partial charge in [0, 0.05) is 19.3 Å². The van der Waals surface area contributed by atoms with Crippen molar-refractivity contribution >= 4 is 17.9 Å². The van der Waals surface area contributed by atoms with Gasteiger partial charge in [-0.15, -0.1) is 0 Å². The van der Waals surface area contributed by atoms with Gasteiger partial charge in [-0.2, -0.15) is 0 Å². The Morgan fingerprint density at radius 3 is 0.746 bits per heavy atom. The van der Waals surface area contributed by atoms with Gasteiger partial charge in [-0.05, 0) is 44.9 Å². The molecular weight excluding hydrogens is 829 g/mol. The monoisotopic (exact) mass is 945 g/mol. The van der Waals surface area contributed by atoms with E-state index in [-0.39, 0.29) is 31.1 Å². The minimum absolute atomic E-state index is 0.0647. The molecule has 1 atom stereocenters. The summed E-state index contributed by atoms with van der Waals surface area (Å²) in [4.78, 5) is 38.0. The van der Waals surface area contributed by atoms with Gasteiger partial charge >= 0.3 is 17.9 Å². The van der Waals surface area contributed by atoms with Crippen LogP contribution in [0.4, 0.5) is 0 Å². The summed E-state index contributed by atoms with van der Waals surface area (Å²) in [7, 11) is 0. The SMILES string of the molecule is CCCCCCCCCC/C=C\CCCCCCCCCCCCCC(=O)OCC(COC(=O)CCCCCCCCCC)OC(=O)CCCCCCCCCCCCCCCCCCCC. The number of ether oxygens (including phenoxy) is 3. The van der Waals surface area contributed by atoms with Crippen LogP contribution in [0.2, 0.25) is 0 Å². The molecule has 0 saturated heterocycles. The van der Waals surface area contributed by atoms with Crippen LogP contribution < -0.4 is 0 Å². The van der Waals surface area contributed by atoms with Gasteiger partial charge in [0.15, 0.2) is 6.10 Å². The largest absolute Gasteiger partial charge is 0.462 e. The van der Waals surface area contributed by atoms with Gasteiger partial charge in [-0.1, -0.05) is 290 Å². The second kappa shape index (κ2) is 56.7. The minimum atomic E-state index is -0.763. The number of carbonyl (C=O) groups excluding carboxylic acids is 3. The van der Waals surface area contributed by atoms with E-state index in [4.69, 9.17) is 14.2 Å². The Bertz CT molecular complexity index is 1040. The van der Waals surface area contributed by atoms with E-state index in [1.54, 1.807) is 0 Å². The third-order valence-electron chi connectivity index (χ3n) is 13.8. The van der Waals surface area contributed by atoms with E-state index in [0.717, 1.165) is 57.8 Å². The van der Waals surface area contributed by atoms with Gasteiger partial charge in [0.1, 0.15) is 13.2 Å². The predicted octanol–water partition coefficient (Wildman–Crippen LogP) is 20.1. The Morgan fingerprint density at radius 2 is 0.493 bits per heavy atom. The van der Waals surface area contributed by atoms with E-state index in [9.17, 15) is 14.4 Å². The highest BCUT2D eigenvalue weighted by Crippen LogP contribution is 2.17. The molecular formula is C61H116O6.